The molecule has 0 N–H and O–H groups in total. The van der Waals surface area contributed by atoms with Crippen LogP contribution in [0.2, 0.25) is 18.1 Å². The van der Waals surface area contributed by atoms with Crippen LogP contribution in [-0.4, -0.2) is 14.9 Å². The van der Waals surface area contributed by atoms with Gasteiger partial charge in [0.2, 0.25) is 0 Å². The lowest BCUT2D eigenvalue weighted by Crippen LogP contribution is -2.40. The van der Waals surface area contributed by atoms with Crippen molar-refractivity contribution in [2.24, 2.45) is 11.3 Å². The Morgan fingerprint density at radius 2 is 1.81 bits per heavy atom. The van der Waals surface area contributed by atoms with E-state index in [1.54, 1.807) is 0 Å². The number of hydrogen-bond acceptors (Lipinski definition) is 1. The smallest absolute Gasteiger partial charge is 0.191 e. The predicted octanol–water partition coefficient (Wildman–Crippen LogP) is 8.29. The molecule has 152 valence electrons. The molecule has 0 aromatic heterocycles. The second kappa shape index (κ2) is 10.3. The van der Waals surface area contributed by atoms with Crippen LogP contribution < -0.4 is 0 Å². The third kappa shape index (κ3) is 7.72. The van der Waals surface area contributed by atoms with Gasteiger partial charge in [0.25, 0.3) is 0 Å². The minimum absolute atomic E-state index is 0.323. The Labute approximate surface area is 165 Å². The van der Waals surface area contributed by atoms with Gasteiger partial charge >= 0.3 is 0 Å². The molecular formula is C24H46OSi. The lowest BCUT2D eigenvalue weighted by atomic mass is 9.93. The van der Waals surface area contributed by atoms with Gasteiger partial charge in [-0.1, -0.05) is 70.8 Å². The molecule has 2 heteroatoms. The van der Waals surface area contributed by atoms with Gasteiger partial charge in [-0.15, -0.1) is 0 Å². The second-order valence-electron chi connectivity index (χ2n) is 10.3. The molecule has 1 aliphatic carbocycles. The van der Waals surface area contributed by atoms with Crippen molar-refractivity contribution in [1.82, 2.24) is 0 Å². The number of hydrogen-bond donors (Lipinski definition) is 0. The van der Waals surface area contributed by atoms with Crippen LogP contribution >= 0.6 is 0 Å². The molecule has 2 atom stereocenters. The molecule has 0 radical (unpaired) electrons. The number of unbranched alkanes of at least 4 members (excludes halogenated alkanes) is 4. The summed E-state index contributed by atoms with van der Waals surface area (Å²) in [6.07, 6.45) is 18.0. The van der Waals surface area contributed by atoms with Crippen molar-refractivity contribution in [3.63, 3.8) is 0 Å². The summed E-state index contributed by atoms with van der Waals surface area (Å²) in [4.78, 5) is 0. The highest BCUT2D eigenvalue weighted by molar-refractivity contribution is 6.74. The minimum Gasteiger partial charge on any atom is -0.417 e. The summed E-state index contributed by atoms with van der Waals surface area (Å²) in [5.74, 6) is 0.794. The SMILES string of the molecule is CCCCC[C@]1(/C=C/CCCCO[Si](C)(C)C(C)(C)C)C[C@H]1C=C(C)C. The van der Waals surface area contributed by atoms with Crippen molar-refractivity contribution in [2.45, 2.75) is 111 Å². The molecular weight excluding hydrogens is 332 g/mol. The van der Waals surface area contributed by atoms with Crippen LogP contribution in [-0.2, 0) is 4.43 Å². The van der Waals surface area contributed by atoms with Crippen LogP contribution in [0.15, 0.2) is 23.8 Å². The average Bonchev–Trinajstić information content (AvgIpc) is 3.17. The molecule has 26 heavy (non-hydrogen) atoms. The minimum atomic E-state index is -1.56. The van der Waals surface area contributed by atoms with Crippen molar-refractivity contribution >= 4 is 8.32 Å². The van der Waals surface area contributed by atoms with Crippen molar-refractivity contribution in [3.05, 3.63) is 23.8 Å². The molecule has 0 bridgehead atoms. The van der Waals surface area contributed by atoms with Gasteiger partial charge in [0, 0.05) is 6.61 Å². The first-order valence-corrected chi connectivity index (χ1v) is 13.9. The van der Waals surface area contributed by atoms with Crippen LogP contribution in [0.1, 0.15) is 92.9 Å². The fraction of sp³-hybridized carbons (Fsp3) is 0.833. The fourth-order valence-electron chi connectivity index (χ4n) is 3.47. The van der Waals surface area contributed by atoms with Crippen molar-refractivity contribution in [1.29, 1.82) is 0 Å². The molecule has 0 aromatic carbocycles. The second-order valence-corrected chi connectivity index (χ2v) is 15.1. The summed E-state index contributed by atoms with van der Waals surface area (Å²) in [6, 6.07) is 0. The van der Waals surface area contributed by atoms with Gasteiger partial charge in [0.05, 0.1) is 0 Å². The van der Waals surface area contributed by atoms with Crippen molar-refractivity contribution < 1.29 is 4.43 Å². The Kier molecular flexibility index (Phi) is 9.36. The Hall–Kier alpha value is -0.343. The van der Waals surface area contributed by atoms with E-state index < -0.39 is 8.32 Å². The topological polar surface area (TPSA) is 9.23 Å². The first kappa shape index (κ1) is 23.7. The number of rotatable bonds is 12. The van der Waals surface area contributed by atoms with Crippen LogP contribution in [0.3, 0.4) is 0 Å². The highest BCUT2D eigenvalue weighted by atomic mass is 28.4. The van der Waals surface area contributed by atoms with E-state index in [9.17, 15) is 0 Å². The standard InChI is InChI=1S/C24H46OSi/c1-9-10-13-16-24(20-22(24)19-21(2)3)17-14-11-12-15-18-25-26(7,8)23(4,5)6/h14,17,19,22H,9-13,15-16,18,20H2,1-8H3/b17-14+/t22-,24+/m1/s1. The average molecular weight is 379 g/mol. The maximum Gasteiger partial charge on any atom is 0.191 e. The molecule has 0 aliphatic heterocycles. The molecule has 1 fully saturated rings. The van der Waals surface area contributed by atoms with Gasteiger partial charge in [-0.05, 0) is 75.4 Å². The van der Waals surface area contributed by atoms with Crippen LogP contribution in [0.25, 0.3) is 0 Å². The largest absolute Gasteiger partial charge is 0.417 e. The molecule has 1 rings (SSSR count). The molecule has 0 unspecified atom stereocenters. The monoisotopic (exact) mass is 378 g/mol. The molecule has 1 nitrogen and oxygen atoms in total. The lowest BCUT2D eigenvalue weighted by Gasteiger charge is -2.36. The lowest BCUT2D eigenvalue weighted by molar-refractivity contribution is 0.279. The van der Waals surface area contributed by atoms with Gasteiger partial charge in [-0.25, -0.2) is 0 Å². The zero-order valence-corrected chi connectivity index (χ0v) is 20.1. The molecule has 0 saturated heterocycles. The zero-order chi connectivity index (χ0) is 19.8. The van der Waals surface area contributed by atoms with Crippen molar-refractivity contribution in [3.8, 4) is 0 Å². The van der Waals surface area contributed by atoms with Gasteiger partial charge in [-0.3, -0.25) is 0 Å². The normalized spacial score (nSPS) is 23.5. The Bertz CT molecular complexity index is 465. The van der Waals surface area contributed by atoms with Gasteiger partial charge in [0.1, 0.15) is 0 Å². The van der Waals surface area contributed by atoms with Crippen molar-refractivity contribution in [2.75, 3.05) is 6.61 Å². The molecule has 1 saturated carbocycles. The summed E-state index contributed by atoms with van der Waals surface area (Å²) in [5, 5.41) is 0.323. The summed E-state index contributed by atoms with van der Waals surface area (Å²) in [7, 11) is -1.56. The van der Waals surface area contributed by atoms with Crippen LogP contribution in [0.4, 0.5) is 0 Å². The van der Waals surface area contributed by atoms with E-state index in [0.717, 1.165) is 12.5 Å². The maximum atomic E-state index is 6.29. The highest BCUT2D eigenvalue weighted by Gasteiger charge is 2.49. The van der Waals surface area contributed by atoms with E-state index in [1.165, 1.54) is 56.9 Å². The van der Waals surface area contributed by atoms with Crippen LogP contribution in [0, 0.1) is 11.3 Å². The summed E-state index contributed by atoms with van der Waals surface area (Å²) >= 11 is 0. The first-order chi connectivity index (χ1) is 12.0. The van der Waals surface area contributed by atoms with E-state index >= 15 is 0 Å². The molecule has 1 aliphatic rings. The van der Waals surface area contributed by atoms with Gasteiger partial charge in [-0.2, -0.15) is 0 Å². The third-order valence-corrected chi connectivity index (χ3v) is 11.0. The zero-order valence-electron chi connectivity index (χ0n) is 19.1. The van der Waals surface area contributed by atoms with Gasteiger partial charge in [0.15, 0.2) is 8.32 Å². The van der Waals surface area contributed by atoms with E-state index in [0.29, 0.717) is 10.5 Å². The fourth-order valence-corrected chi connectivity index (χ4v) is 4.56. The van der Waals surface area contributed by atoms with E-state index in [-0.39, 0.29) is 0 Å². The summed E-state index contributed by atoms with van der Waals surface area (Å²) in [6.45, 7) is 19.4. The first-order valence-electron chi connectivity index (χ1n) is 11.0. The molecule has 0 heterocycles. The van der Waals surface area contributed by atoms with E-state index in [4.69, 9.17) is 4.43 Å². The molecule has 0 spiro atoms. The van der Waals surface area contributed by atoms with E-state index in [1.807, 2.05) is 0 Å². The Balaban J connectivity index is 2.35. The number of allylic oxidation sites excluding steroid dienone is 4. The van der Waals surface area contributed by atoms with Crippen LogP contribution in [0.5, 0.6) is 0 Å². The third-order valence-electron chi connectivity index (χ3n) is 6.44. The Morgan fingerprint density at radius 1 is 1.12 bits per heavy atom. The molecule has 0 amide bonds. The quantitative estimate of drug-likeness (QED) is 0.188. The molecule has 0 aromatic rings. The Morgan fingerprint density at radius 3 is 2.38 bits per heavy atom. The van der Waals surface area contributed by atoms with E-state index in [2.05, 4.69) is 72.9 Å². The summed E-state index contributed by atoms with van der Waals surface area (Å²) < 4.78 is 6.29. The highest BCUT2D eigenvalue weighted by Crippen LogP contribution is 2.58. The predicted molar refractivity (Wildman–Crippen MR) is 120 cm³/mol. The maximum absolute atomic E-state index is 6.29. The van der Waals surface area contributed by atoms with Gasteiger partial charge < -0.3 is 4.43 Å². The summed E-state index contributed by atoms with van der Waals surface area (Å²) in [5.41, 5.74) is 1.97.